The Morgan fingerprint density at radius 2 is 2.12 bits per heavy atom. The molecule has 1 atom stereocenters. The SMILES string of the molecule is COC(=O)c1c([C@H](C)N)[nH]c2ccccc12. The molecule has 4 heteroatoms. The van der Waals surface area contributed by atoms with E-state index >= 15 is 0 Å². The number of nitrogens with two attached hydrogens (primary N) is 1. The van der Waals surface area contributed by atoms with Crippen LogP contribution in [0, 0.1) is 0 Å². The summed E-state index contributed by atoms with van der Waals surface area (Å²) in [5.74, 6) is -0.357. The van der Waals surface area contributed by atoms with Gasteiger partial charge in [0.2, 0.25) is 0 Å². The predicted molar refractivity (Wildman–Crippen MR) is 62.2 cm³/mol. The van der Waals surface area contributed by atoms with Gasteiger partial charge in [-0.05, 0) is 13.0 Å². The Hall–Kier alpha value is -1.81. The van der Waals surface area contributed by atoms with Crippen LogP contribution in [0.3, 0.4) is 0 Å². The number of para-hydroxylation sites is 1. The fraction of sp³-hybridized carbons (Fsp3) is 0.250. The van der Waals surface area contributed by atoms with E-state index < -0.39 is 0 Å². The monoisotopic (exact) mass is 218 g/mol. The van der Waals surface area contributed by atoms with Crippen molar-refractivity contribution in [3.05, 3.63) is 35.5 Å². The van der Waals surface area contributed by atoms with Gasteiger partial charge in [-0.25, -0.2) is 4.79 Å². The summed E-state index contributed by atoms with van der Waals surface area (Å²) in [4.78, 5) is 14.9. The molecule has 0 saturated carbocycles. The highest BCUT2D eigenvalue weighted by Gasteiger charge is 2.20. The molecule has 0 saturated heterocycles. The number of H-pyrrole nitrogens is 1. The first kappa shape index (κ1) is 10.7. The number of benzene rings is 1. The van der Waals surface area contributed by atoms with E-state index in [2.05, 4.69) is 4.98 Å². The van der Waals surface area contributed by atoms with E-state index in [1.807, 2.05) is 31.2 Å². The molecule has 2 aromatic rings. The molecule has 0 fully saturated rings. The average Bonchev–Trinajstić information content (AvgIpc) is 2.67. The van der Waals surface area contributed by atoms with Crippen molar-refractivity contribution < 1.29 is 9.53 Å². The van der Waals surface area contributed by atoms with Gasteiger partial charge in [0.1, 0.15) is 0 Å². The zero-order valence-electron chi connectivity index (χ0n) is 9.28. The number of methoxy groups -OCH3 is 1. The molecular formula is C12H14N2O2. The van der Waals surface area contributed by atoms with Crippen LogP contribution in [0.2, 0.25) is 0 Å². The van der Waals surface area contributed by atoms with Gasteiger partial charge in [-0.1, -0.05) is 18.2 Å². The van der Waals surface area contributed by atoms with Gasteiger partial charge in [0.25, 0.3) is 0 Å². The summed E-state index contributed by atoms with van der Waals surface area (Å²) in [7, 11) is 1.37. The third-order valence-electron chi connectivity index (χ3n) is 2.58. The lowest BCUT2D eigenvalue weighted by Gasteiger charge is -2.05. The Labute approximate surface area is 93.4 Å². The molecule has 4 nitrogen and oxygen atoms in total. The van der Waals surface area contributed by atoms with Crippen LogP contribution in [0.15, 0.2) is 24.3 Å². The standard InChI is InChI=1S/C12H14N2O2/c1-7(13)11-10(12(15)16-2)8-5-3-4-6-9(8)14-11/h3-7,14H,13H2,1-2H3/t7-/m0/s1. The van der Waals surface area contributed by atoms with Gasteiger partial charge >= 0.3 is 5.97 Å². The lowest BCUT2D eigenvalue weighted by atomic mass is 10.1. The maximum atomic E-state index is 11.7. The molecule has 0 radical (unpaired) electrons. The fourth-order valence-electron chi connectivity index (χ4n) is 1.83. The number of carbonyl (C=O) groups is 1. The number of rotatable bonds is 2. The van der Waals surface area contributed by atoms with E-state index in [1.165, 1.54) is 7.11 Å². The van der Waals surface area contributed by atoms with Crippen molar-refractivity contribution in [2.75, 3.05) is 7.11 Å². The number of ether oxygens (including phenoxy) is 1. The molecule has 1 heterocycles. The molecule has 0 aliphatic heterocycles. The number of hydrogen-bond donors (Lipinski definition) is 2. The van der Waals surface area contributed by atoms with E-state index in [4.69, 9.17) is 10.5 Å². The Balaban J connectivity index is 2.74. The Bertz CT molecular complexity index is 529. The van der Waals surface area contributed by atoms with Crippen molar-refractivity contribution in [1.82, 2.24) is 4.98 Å². The number of nitrogens with one attached hydrogen (secondary N) is 1. The smallest absolute Gasteiger partial charge is 0.340 e. The molecule has 2 rings (SSSR count). The Morgan fingerprint density at radius 3 is 2.75 bits per heavy atom. The van der Waals surface area contributed by atoms with Crippen molar-refractivity contribution in [2.45, 2.75) is 13.0 Å². The molecule has 1 aromatic heterocycles. The Kier molecular flexibility index (Phi) is 2.66. The molecule has 0 bridgehead atoms. The second kappa shape index (κ2) is 3.98. The van der Waals surface area contributed by atoms with E-state index in [1.54, 1.807) is 0 Å². The molecule has 0 unspecified atom stereocenters. The van der Waals surface area contributed by atoms with Crippen molar-refractivity contribution in [1.29, 1.82) is 0 Å². The third-order valence-corrected chi connectivity index (χ3v) is 2.58. The summed E-state index contributed by atoms with van der Waals surface area (Å²) in [6.45, 7) is 1.83. The molecule has 1 aromatic carbocycles. The van der Waals surface area contributed by atoms with Crippen LogP contribution < -0.4 is 5.73 Å². The first-order chi connectivity index (χ1) is 7.65. The van der Waals surface area contributed by atoms with Crippen molar-refractivity contribution in [3.8, 4) is 0 Å². The highest BCUT2D eigenvalue weighted by molar-refractivity contribution is 6.05. The van der Waals surface area contributed by atoms with Crippen LogP contribution in [0.4, 0.5) is 0 Å². The van der Waals surface area contributed by atoms with E-state index in [0.29, 0.717) is 11.3 Å². The summed E-state index contributed by atoms with van der Waals surface area (Å²) >= 11 is 0. The largest absolute Gasteiger partial charge is 0.465 e. The zero-order chi connectivity index (χ0) is 11.7. The second-order valence-corrected chi connectivity index (χ2v) is 3.74. The van der Waals surface area contributed by atoms with Crippen molar-refractivity contribution >= 4 is 16.9 Å². The van der Waals surface area contributed by atoms with Crippen LogP contribution in [-0.2, 0) is 4.74 Å². The Morgan fingerprint density at radius 1 is 1.44 bits per heavy atom. The van der Waals surface area contributed by atoms with Crippen LogP contribution in [-0.4, -0.2) is 18.1 Å². The zero-order valence-corrected chi connectivity index (χ0v) is 9.28. The number of aromatic nitrogens is 1. The summed E-state index contributed by atoms with van der Waals surface area (Å²) in [5.41, 5.74) is 7.98. The van der Waals surface area contributed by atoms with Crippen LogP contribution in [0.5, 0.6) is 0 Å². The predicted octanol–water partition coefficient (Wildman–Crippen LogP) is 1.97. The van der Waals surface area contributed by atoms with Gasteiger partial charge in [-0.15, -0.1) is 0 Å². The highest BCUT2D eigenvalue weighted by atomic mass is 16.5. The molecular weight excluding hydrogens is 204 g/mol. The van der Waals surface area contributed by atoms with Gasteiger partial charge in [0.15, 0.2) is 0 Å². The quantitative estimate of drug-likeness (QED) is 0.757. The second-order valence-electron chi connectivity index (χ2n) is 3.74. The minimum atomic E-state index is -0.357. The molecule has 0 aliphatic carbocycles. The average molecular weight is 218 g/mol. The number of hydrogen-bond acceptors (Lipinski definition) is 3. The van der Waals surface area contributed by atoms with Crippen LogP contribution in [0.1, 0.15) is 29.0 Å². The van der Waals surface area contributed by atoms with E-state index in [-0.39, 0.29) is 12.0 Å². The molecule has 3 N–H and O–H groups in total. The fourth-order valence-corrected chi connectivity index (χ4v) is 1.83. The molecule has 0 aliphatic rings. The maximum absolute atomic E-state index is 11.7. The molecule has 84 valence electrons. The maximum Gasteiger partial charge on any atom is 0.340 e. The van der Waals surface area contributed by atoms with Gasteiger partial charge < -0.3 is 15.5 Å². The van der Waals surface area contributed by atoms with Crippen LogP contribution in [0.25, 0.3) is 10.9 Å². The molecule has 0 amide bonds. The van der Waals surface area contributed by atoms with Crippen molar-refractivity contribution in [2.24, 2.45) is 5.73 Å². The summed E-state index contributed by atoms with van der Waals surface area (Å²) < 4.78 is 4.78. The number of esters is 1. The summed E-state index contributed by atoms with van der Waals surface area (Å²) in [5, 5.41) is 0.849. The van der Waals surface area contributed by atoms with Gasteiger partial charge in [-0.3, -0.25) is 0 Å². The lowest BCUT2D eigenvalue weighted by molar-refractivity contribution is 0.0601. The minimum absolute atomic E-state index is 0.235. The summed E-state index contributed by atoms with van der Waals surface area (Å²) in [6, 6.07) is 7.34. The van der Waals surface area contributed by atoms with Gasteiger partial charge in [0.05, 0.1) is 12.7 Å². The van der Waals surface area contributed by atoms with Gasteiger partial charge in [0, 0.05) is 22.6 Å². The van der Waals surface area contributed by atoms with E-state index in [0.717, 1.165) is 10.9 Å². The molecule has 0 spiro atoms. The first-order valence-electron chi connectivity index (χ1n) is 5.09. The third kappa shape index (κ3) is 1.57. The van der Waals surface area contributed by atoms with E-state index in [9.17, 15) is 4.79 Å². The number of aromatic amines is 1. The summed E-state index contributed by atoms with van der Waals surface area (Å²) in [6.07, 6.45) is 0. The number of carbonyl (C=O) groups excluding carboxylic acids is 1. The minimum Gasteiger partial charge on any atom is -0.465 e. The normalized spacial score (nSPS) is 12.7. The van der Waals surface area contributed by atoms with Gasteiger partial charge in [-0.2, -0.15) is 0 Å². The highest BCUT2D eigenvalue weighted by Crippen LogP contribution is 2.26. The topological polar surface area (TPSA) is 68.1 Å². The number of fused-ring (bicyclic) bond motifs is 1. The van der Waals surface area contributed by atoms with Crippen LogP contribution >= 0.6 is 0 Å². The first-order valence-corrected chi connectivity index (χ1v) is 5.09. The molecule has 16 heavy (non-hydrogen) atoms. The van der Waals surface area contributed by atoms with Crippen molar-refractivity contribution in [3.63, 3.8) is 0 Å². The lowest BCUT2D eigenvalue weighted by Crippen LogP contribution is -2.12.